The highest BCUT2D eigenvalue weighted by Gasteiger charge is 2.27. The Hall–Kier alpha value is -3.02. The molecule has 6 heteroatoms. The molecule has 0 spiro atoms. The van der Waals surface area contributed by atoms with Crippen molar-refractivity contribution in [2.45, 2.75) is 13.8 Å². The Morgan fingerprint density at radius 3 is 2.15 bits per heavy atom. The van der Waals surface area contributed by atoms with E-state index in [2.05, 4.69) is 9.97 Å². The average molecular weight is 350 g/mol. The standard InChI is InChI=1S/C20H22N4O2/c1-13-11-16(14(2)22-13)19(25)23-7-9-24(10-8-23)20(26)17-12-21-18-6-4-3-5-15(17)18/h3-6,11-12,21-22H,7-10H2,1-2H3. The van der Waals surface area contributed by atoms with Crippen molar-refractivity contribution in [3.05, 3.63) is 59.0 Å². The van der Waals surface area contributed by atoms with Crippen LogP contribution in [0, 0.1) is 13.8 Å². The van der Waals surface area contributed by atoms with Crippen molar-refractivity contribution in [3.63, 3.8) is 0 Å². The lowest BCUT2D eigenvalue weighted by atomic mass is 10.1. The van der Waals surface area contributed by atoms with Crippen LogP contribution < -0.4 is 0 Å². The number of rotatable bonds is 2. The number of aromatic amines is 2. The minimum atomic E-state index is 0.0169. The monoisotopic (exact) mass is 350 g/mol. The van der Waals surface area contributed by atoms with Crippen LogP contribution in [0.2, 0.25) is 0 Å². The maximum atomic E-state index is 12.9. The molecular formula is C20H22N4O2. The molecule has 0 atom stereocenters. The van der Waals surface area contributed by atoms with E-state index in [1.165, 1.54) is 0 Å². The average Bonchev–Trinajstić information content (AvgIpc) is 3.23. The van der Waals surface area contributed by atoms with Crippen molar-refractivity contribution in [2.75, 3.05) is 26.2 Å². The Balaban J connectivity index is 1.46. The fourth-order valence-corrected chi connectivity index (χ4v) is 3.65. The van der Waals surface area contributed by atoms with Gasteiger partial charge in [-0.15, -0.1) is 0 Å². The quantitative estimate of drug-likeness (QED) is 0.746. The minimum Gasteiger partial charge on any atom is -0.362 e. The SMILES string of the molecule is Cc1cc(C(=O)N2CCN(C(=O)c3c[nH]c4ccccc34)CC2)c(C)[nH]1. The van der Waals surface area contributed by atoms with Crippen LogP contribution in [0.25, 0.3) is 10.9 Å². The third kappa shape index (κ3) is 2.77. The van der Waals surface area contributed by atoms with Crippen LogP contribution in [0.15, 0.2) is 36.5 Å². The Kier molecular flexibility index (Phi) is 4.03. The highest BCUT2D eigenvalue weighted by molar-refractivity contribution is 6.06. The Labute approximate surface area is 151 Å². The summed E-state index contributed by atoms with van der Waals surface area (Å²) in [7, 11) is 0. The summed E-state index contributed by atoms with van der Waals surface area (Å²) < 4.78 is 0. The number of piperazine rings is 1. The second-order valence-corrected chi connectivity index (χ2v) is 6.82. The van der Waals surface area contributed by atoms with Crippen molar-refractivity contribution >= 4 is 22.7 Å². The lowest BCUT2D eigenvalue weighted by Crippen LogP contribution is -2.50. The number of carbonyl (C=O) groups excluding carboxylic acids is 2. The summed E-state index contributed by atoms with van der Waals surface area (Å²) in [4.78, 5) is 35.6. The van der Waals surface area contributed by atoms with E-state index in [4.69, 9.17) is 0 Å². The normalized spacial score (nSPS) is 14.8. The molecule has 2 N–H and O–H groups in total. The van der Waals surface area contributed by atoms with Gasteiger partial charge in [-0.05, 0) is 26.0 Å². The first kappa shape index (κ1) is 16.4. The third-order valence-corrected chi connectivity index (χ3v) is 5.05. The van der Waals surface area contributed by atoms with Gasteiger partial charge in [-0.3, -0.25) is 9.59 Å². The molecule has 134 valence electrons. The van der Waals surface area contributed by atoms with Crippen molar-refractivity contribution in [3.8, 4) is 0 Å². The van der Waals surface area contributed by atoms with Crippen molar-refractivity contribution in [1.82, 2.24) is 19.8 Å². The van der Waals surface area contributed by atoms with E-state index in [1.54, 1.807) is 6.20 Å². The molecule has 2 amide bonds. The number of hydrogen-bond acceptors (Lipinski definition) is 2. The van der Waals surface area contributed by atoms with Crippen LogP contribution in [0.4, 0.5) is 0 Å². The van der Waals surface area contributed by atoms with Gasteiger partial charge in [0.1, 0.15) is 0 Å². The van der Waals surface area contributed by atoms with Gasteiger partial charge in [0.2, 0.25) is 0 Å². The summed E-state index contributed by atoms with van der Waals surface area (Å²) in [6.45, 7) is 6.06. The molecule has 4 rings (SSSR count). The first-order valence-electron chi connectivity index (χ1n) is 8.85. The van der Waals surface area contributed by atoms with Crippen molar-refractivity contribution in [1.29, 1.82) is 0 Å². The number of carbonyl (C=O) groups is 2. The van der Waals surface area contributed by atoms with Crippen LogP contribution in [0.3, 0.4) is 0 Å². The second-order valence-electron chi connectivity index (χ2n) is 6.82. The van der Waals surface area contributed by atoms with Crippen molar-refractivity contribution < 1.29 is 9.59 Å². The highest BCUT2D eigenvalue weighted by Crippen LogP contribution is 2.21. The second kappa shape index (κ2) is 6.37. The lowest BCUT2D eigenvalue weighted by molar-refractivity contribution is 0.0536. The number of nitrogens with one attached hydrogen (secondary N) is 2. The highest BCUT2D eigenvalue weighted by atomic mass is 16.2. The van der Waals surface area contributed by atoms with Gasteiger partial charge in [0.15, 0.2) is 0 Å². The molecule has 0 aliphatic carbocycles. The molecular weight excluding hydrogens is 328 g/mol. The van der Waals surface area contributed by atoms with Crippen LogP contribution in [0.5, 0.6) is 0 Å². The summed E-state index contributed by atoms with van der Waals surface area (Å²) in [6, 6.07) is 9.69. The van der Waals surface area contributed by atoms with E-state index in [9.17, 15) is 9.59 Å². The molecule has 0 unspecified atom stereocenters. The zero-order chi connectivity index (χ0) is 18.3. The smallest absolute Gasteiger partial charge is 0.256 e. The predicted molar refractivity (Wildman–Crippen MR) is 100 cm³/mol. The molecule has 0 radical (unpaired) electrons. The number of aromatic nitrogens is 2. The number of H-pyrrole nitrogens is 2. The zero-order valence-electron chi connectivity index (χ0n) is 15.0. The first-order chi connectivity index (χ1) is 12.5. The van der Waals surface area contributed by atoms with E-state index in [1.807, 2.05) is 54.0 Å². The lowest BCUT2D eigenvalue weighted by Gasteiger charge is -2.34. The van der Waals surface area contributed by atoms with Gasteiger partial charge in [-0.25, -0.2) is 0 Å². The molecule has 26 heavy (non-hydrogen) atoms. The van der Waals surface area contributed by atoms with Gasteiger partial charge >= 0.3 is 0 Å². The summed E-state index contributed by atoms with van der Waals surface area (Å²) in [5, 5.41) is 0.939. The first-order valence-corrected chi connectivity index (χ1v) is 8.85. The molecule has 6 nitrogen and oxygen atoms in total. The largest absolute Gasteiger partial charge is 0.362 e. The predicted octanol–water partition coefficient (Wildman–Crippen LogP) is 2.71. The number of nitrogens with zero attached hydrogens (tertiary/aromatic N) is 2. The van der Waals surface area contributed by atoms with Gasteiger partial charge in [0.25, 0.3) is 11.8 Å². The molecule has 1 fully saturated rings. The Morgan fingerprint density at radius 2 is 1.54 bits per heavy atom. The van der Waals surface area contributed by atoms with E-state index >= 15 is 0 Å². The Bertz CT molecular complexity index is 977. The summed E-state index contributed by atoms with van der Waals surface area (Å²) >= 11 is 0. The number of aryl methyl sites for hydroxylation is 2. The molecule has 1 aromatic carbocycles. The van der Waals surface area contributed by atoms with E-state index in [0.717, 1.165) is 27.9 Å². The number of benzene rings is 1. The van der Waals surface area contributed by atoms with Gasteiger partial charge < -0.3 is 19.8 Å². The van der Waals surface area contributed by atoms with E-state index < -0.39 is 0 Å². The van der Waals surface area contributed by atoms with Gasteiger partial charge in [0, 0.05) is 54.7 Å². The Morgan fingerprint density at radius 1 is 0.923 bits per heavy atom. The topological polar surface area (TPSA) is 72.2 Å². The molecule has 3 heterocycles. The van der Waals surface area contributed by atoms with Crippen LogP contribution >= 0.6 is 0 Å². The molecule has 0 bridgehead atoms. The van der Waals surface area contributed by atoms with E-state index in [0.29, 0.717) is 31.7 Å². The molecule has 2 aromatic heterocycles. The maximum Gasteiger partial charge on any atom is 0.256 e. The number of hydrogen-bond donors (Lipinski definition) is 2. The summed E-state index contributed by atoms with van der Waals surface area (Å²) in [5.74, 6) is 0.0502. The molecule has 1 aliphatic rings. The van der Waals surface area contributed by atoms with Gasteiger partial charge in [-0.1, -0.05) is 18.2 Å². The van der Waals surface area contributed by atoms with Crippen LogP contribution in [-0.2, 0) is 0 Å². The fraction of sp³-hybridized carbons (Fsp3) is 0.300. The molecule has 1 aliphatic heterocycles. The third-order valence-electron chi connectivity index (χ3n) is 5.05. The van der Waals surface area contributed by atoms with Crippen molar-refractivity contribution in [2.24, 2.45) is 0 Å². The van der Waals surface area contributed by atoms with Gasteiger partial charge in [-0.2, -0.15) is 0 Å². The fourth-order valence-electron chi connectivity index (χ4n) is 3.65. The van der Waals surface area contributed by atoms with Gasteiger partial charge in [0.05, 0.1) is 11.1 Å². The van der Waals surface area contributed by atoms with Crippen LogP contribution in [-0.4, -0.2) is 57.8 Å². The van der Waals surface area contributed by atoms with E-state index in [-0.39, 0.29) is 11.8 Å². The number of fused-ring (bicyclic) bond motifs is 1. The number of para-hydroxylation sites is 1. The summed E-state index contributed by atoms with van der Waals surface area (Å²) in [6.07, 6.45) is 1.77. The minimum absolute atomic E-state index is 0.0169. The van der Waals surface area contributed by atoms with Crippen LogP contribution in [0.1, 0.15) is 32.1 Å². The molecule has 1 saturated heterocycles. The zero-order valence-corrected chi connectivity index (χ0v) is 15.0. The molecule has 3 aromatic rings. The number of amides is 2. The summed E-state index contributed by atoms with van der Waals surface area (Å²) in [5.41, 5.74) is 4.25. The molecule has 0 saturated carbocycles. The maximum absolute atomic E-state index is 12.9.